The fourth-order valence-electron chi connectivity index (χ4n) is 4.34. The van der Waals surface area contributed by atoms with Crippen LogP contribution in [0, 0.1) is 5.82 Å². The van der Waals surface area contributed by atoms with E-state index in [1.54, 1.807) is 24.4 Å². The number of ether oxygens (including phenoxy) is 1. The van der Waals surface area contributed by atoms with Gasteiger partial charge in [0.1, 0.15) is 17.7 Å². The van der Waals surface area contributed by atoms with E-state index in [0.29, 0.717) is 35.3 Å². The lowest BCUT2D eigenvalue weighted by molar-refractivity contribution is 0.208. The van der Waals surface area contributed by atoms with Crippen LogP contribution in [-0.4, -0.2) is 51.0 Å². The smallest absolute Gasteiger partial charge is 0.267 e. The van der Waals surface area contributed by atoms with Crippen LogP contribution < -0.4 is 20.5 Å². The van der Waals surface area contributed by atoms with E-state index in [1.807, 2.05) is 31.3 Å². The maximum absolute atomic E-state index is 14.7. The minimum Gasteiger partial charge on any atom is -0.485 e. The second kappa shape index (κ2) is 7.84. The highest BCUT2D eigenvalue weighted by molar-refractivity contribution is 6.02. The van der Waals surface area contributed by atoms with Crippen LogP contribution in [-0.2, 0) is 0 Å². The fourth-order valence-corrected chi connectivity index (χ4v) is 4.34. The van der Waals surface area contributed by atoms with Gasteiger partial charge >= 0.3 is 0 Å². The molecule has 0 unspecified atom stereocenters. The highest BCUT2D eigenvalue weighted by Crippen LogP contribution is 2.32. The number of rotatable bonds is 4. The summed E-state index contributed by atoms with van der Waals surface area (Å²) in [6, 6.07) is 14.0. The Balaban J connectivity index is 1.39. The molecule has 10 heteroatoms. The minimum atomic E-state index is -0.529. The van der Waals surface area contributed by atoms with Crippen LogP contribution >= 0.6 is 0 Å². The molecule has 0 spiro atoms. The molecule has 1 atom stereocenters. The van der Waals surface area contributed by atoms with E-state index >= 15 is 0 Å². The van der Waals surface area contributed by atoms with Crippen LogP contribution in [0.4, 0.5) is 16.0 Å². The average molecular weight is 457 g/mol. The highest BCUT2D eigenvalue weighted by atomic mass is 19.1. The lowest BCUT2D eigenvalue weighted by atomic mass is 10.2. The summed E-state index contributed by atoms with van der Waals surface area (Å²) >= 11 is 0. The van der Waals surface area contributed by atoms with Crippen molar-refractivity contribution in [2.45, 2.75) is 6.10 Å². The predicted molar refractivity (Wildman–Crippen MR) is 127 cm³/mol. The van der Waals surface area contributed by atoms with Crippen molar-refractivity contribution in [3.8, 4) is 11.4 Å². The van der Waals surface area contributed by atoms with Crippen molar-refractivity contribution in [2.24, 2.45) is 0 Å². The Bertz CT molecular complexity index is 1600. The molecule has 6 rings (SSSR count). The van der Waals surface area contributed by atoms with Gasteiger partial charge in [-0.05, 0) is 24.3 Å². The van der Waals surface area contributed by atoms with E-state index in [1.165, 1.54) is 16.8 Å². The number of para-hydroxylation sites is 3. The first kappa shape index (κ1) is 20.2. The molecule has 2 aromatic carbocycles. The van der Waals surface area contributed by atoms with Gasteiger partial charge in [-0.15, -0.1) is 0 Å². The monoisotopic (exact) mass is 457 g/mol. The number of hydrogen-bond acceptors (Lipinski definition) is 7. The first-order valence-corrected chi connectivity index (χ1v) is 10.8. The molecule has 0 fully saturated rings. The molecule has 5 aromatic rings. The van der Waals surface area contributed by atoms with Crippen molar-refractivity contribution in [1.82, 2.24) is 24.7 Å². The maximum atomic E-state index is 14.7. The van der Waals surface area contributed by atoms with Crippen LogP contribution in [0.2, 0.25) is 0 Å². The Morgan fingerprint density at radius 3 is 2.76 bits per heavy atom. The highest BCUT2D eigenvalue weighted by Gasteiger charge is 2.23. The molecular weight excluding hydrogens is 437 g/mol. The Hall–Kier alpha value is -4.47. The standard InChI is InChI=1S/C24H20FN7O2/c1-31-13-14(34-20-9-5-4-8-19(20)31)10-26-24-27-11-15-21-16(12-28-30-21)23(33)32(22(15)29-24)18-7-3-2-6-17(18)25/h2-9,11-12,14H,10,13H2,1H3,(H,28,30)(H,26,27,29)/t14-/m0/s1. The maximum Gasteiger partial charge on any atom is 0.267 e. The molecule has 0 radical (unpaired) electrons. The third-order valence-electron chi connectivity index (χ3n) is 5.95. The summed E-state index contributed by atoms with van der Waals surface area (Å²) in [5.41, 5.74) is 1.52. The molecule has 0 aliphatic carbocycles. The van der Waals surface area contributed by atoms with Gasteiger partial charge in [-0.1, -0.05) is 24.3 Å². The topological polar surface area (TPSA) is 101 Å². The van der Waals surface area contributed by atoms with Crippen molar-refractivity contribution < 1.29 is 9.13 Å². The van der Waals surface area contributed by atoms with Crippen molar-refractivity contribution >= 4 is 33.6 Å². The van der Waals surface area contributed by atoms with Crippen LogP contribution in [0.15, 0.2) is 65.7 Å². The number of anilines is 2. The number of likely N-dealkylation sites (N-methyl/N-ethyl adjacent to an activating group) is 1. The first-order chi connectivity index (χ1) is 16.6. The van der Waals surface area contributed by atoms with Gasteiger partial charge in [-0.25, -0.2) is 9.37 Å². The van der Waals surface area contributed by atoms with Crippen molar-refractivity contribution in [3.05, 3.63) is 77.1 Å². The zero-order valence-corrected chi connectivity index (χ0v) is 18.2. The Morgan fingerprint density at radius 2 is 1.91 bits per heavy atom. The van der Waals surface area contributed by atoms with E-state index < -0.39 is 11.4 Å². The zero-order chi connectivity index (χ0) is 23.2. The number of halogens is 1. The molecule has 1 aliphatic rings. The van der Waals surface area contributed by atoms with Gasteiger partial charge in [0.15, 0.2) is 5.65 Å². The first-order valence-electron chi connectivity index (χ1n) is 10.8. The lowest BCUT2D eigenvalue weighted by Crippen LogP contribution is -2.41. The molecule has 0 amide bonds. The van der Waals surface area contributed by atoms with E-state index in [-0.39, 0.29) is 17.4 Å². The number of aromatic amines is 1. The summed E-state index contributed by atoms with van der Waals surface area (Å²) < 4.78 is 22.1. The van der Waals surface area contributed by atoms with Crippen LogP contribution in [0.25, 0.3) is 27.6 Å². The molecule has 2 N–H and O–H groups in total. The fraction of sp³-hybridized carbons (Fsp3) is 0.167. The Labute approximate surface area is 192 Å². The molecule has 34 heavy (non-hydrogen) atoms. The largest absolute Gasteiger partial charge is 0.485 e. The molecular formula is C24H20FN7O2. The molecule has 0 saturated heterocycles. The molecule has 3 aromatic heterocycles. The number of pyridine rings is 1. The normalized spacial score (nSPS) is 15.4. The summed E-state index contributed by atoms with van der Waals surface area (Å²) in [7, 11) is 2.02. The number of H-pyrrole nitrogens is 1. The van der Waals surface area contributed by atoms with Crippen LogP contribution in [0.1, 0.15) is 0 Å². The number of hydrogen-bond donors (Lipinski definition) is 2. The zero-order valence-electron chi connectivity index (χ0n) is 18.2. The van der Waals surface area contributed by atoms with Gasteiger partial charge in [0.05, 0.1) is 47.0 Å². The number of nitrogens with zero attached hydrogens (tertiary/aromatic N) is 5. The quantitative estimate of drug-likeness (QED) is 0.428. The van der Waals surface area contributed by atoms with Gasteiger partial charge in [0, 0.05) is 13.2 Å². The average Bonchev–Trinajstić information content (AvgIpc) is 3.35. The van der Waals surface area contributed by atoms with Crippen LogP contribution in [0.3, 0.4) is 0 Å². The van der Waals surface area contributed by atoms with E-state index in [0.717, 1.165) is 11.4 Å². The summed E-state index contributed by atoms with van der Waals surface area (Å²) in [6.45, 7) is 1.13. The molecule has 1 aliphatic heterocycles. The van der Waals surface area contributed by atoms with Crippen molar-refractivity contribution in [1.29, 1.82) is 0 Å². The number of aromatic nitrogens is 5. The lowest BCUT2D eigenvalue weighted by Gasteiger charge is -2.33. The predicted octanol–water partition coefficient (Wildman–Crippen LogP) is 3.11. The Morgan fingerprint density at radius 1 is 1.12 bits per heavy atom. The third-order valence-corrected chi connectivity index (χ3v) is 5.95. The number of nitrogens with one attached hydrogen (secondary N) is 2. The molecule has 0 bridgehead atoms. The molecule has 170 valence electrons. The summed E-state index contributed by atoms with van der Waals surface area (Å²) in [4.78, 5) is 24.4. The van der Waals surface area contributed by atoms with Gasteiger partial charge in [0.2, 0.25) is 5.95 Å². The van der Waals surface area contributed by atoms with E-state index in [2.05, 4.69) is 30.4 Å². The summed E-state index contributed by atoms with van der Waals surface area (Å²) in [6.07, 6.45) is 2.89. The van der Waals surface area contributed by atoms with Gasteiger partial charge in [-0.3, -0.25) is 14.5 Å². The second-order valence-corrected chi connectivity index (χ2v) is 8.15. The second-order valence-electron chi connectivity index (χ2n) is 8.15. The van der Waals surface area contributed by atoms with Gasteiger partial charge in [0.25, 0.3) is 5.56 Å². The van der Waals surface area contributed by atoms with Crippen molar-refractivity contribution in [3.63, 3.8) is 0 Å². The minimum absolute atomic E-state index is 0.110. The van der Waals surface area contributed by atoms with Gasteiger partial charge in [-0.2, -0.15) is 10.1 Å². The van der Waals surface area contributed by atoms with E-state index in [9.17, 15) is 9.18 Å². The van der Waals surface area contributed by atoms with Gasteiger partial charge < -0.3 is 15.0 Å². The van der Waals surface area contributed by atoms with E-state index in [4.69, 9.17) is 4.74 Å². The van der Waals surface area contributed by atoms with Crippen LogP contribution in [0.5, 0.6) is 5.75 Å². The van der Waals surface area contributed by atoms with Crippen molar-refractivity contribution in [2.75, 3.05) is 30.4 Å². The third kappa shape index (κ3) is 3.22. The summed E-state index contributed by atoms with van der Waals surface area (Å²) in [5, 5.41) is 10.9. The summed E-state index contributed by atoms with van der Waals surface area (Å²) in [5.74, 6) is 0.595. The Kier molecular flexibility index (Phi) is 4.65. The number of fused-ring (bicyclic) bond motifs is 4. The molecule has 4 heterocycles. The number of benzene rings is 2. The molecule has 9 nitrogen and oxygen atoms in total. The SMILES string of the molecule is CN1C[C@H](CNc2ncc3c4[nH]ncc4c(=O)n(-c4ccccc4F)c3n2)Oc2ccccc21. The molecule has 0 saturated carbocycles.